The highest BCUT2D eigenvalue weighted by Crippen LogP contribution is 2.34. The Morgan fingerprint density at radius 3 is 2.76 bits per heavy atom. The SMILES string of the molecule is CC(c1sc(Nc2ccc(CC(=O)O)cc2)nc1O)=c1ccc2c(c1)CCCN=2. The molecule has 0 aliphatic carbocycles. The van der Waals surface area contributed by atoms with Gasteiger partial charge in [0.15, 0.2) is 5.13 Å². The van der Waals surface area contributed by atoms with Gasteiger partial charge in [0.25, 0.3) is 0 Å². The summed E-state index contributed by atoms with van der Waals surface area (Å²) >= 11 is 1.38. The van der Waals surface area contributed by atoms with Gasteiger partial charge in [-0.25, -0.2) is 0 Å². The highest BCUT2D eigenvalue weighted by atomic mass is 32.1. The zero-order valence-corrected chi connectivity index (χ0v) is 16.8. The predicted molar refractivity (Wildman–Crippen MR) is 113 cm³/mol. The summed E-state index contributed by atoms with van der Waals surface area (Å²) in [5, 5.41) is 25.1. The molecule has 0 bridgehead atoms. The van der Waals surface area contributed by atoms with Gasteiger partial charge in [0, 0.05) is 12.2 Å². The van der Waals surface area contributed by atoms with Gasteiger partial charge in [-0.3, -0.25) is 9.79 Å². The van der Waals surface area contributed by atoms with Gasteiger partial charge in [-0.05, 0) is 65.9 Å². The molecule has 1 aromatic heterocycles. The van der Waals surface area contributed by atoms with E-state index < -0.39 is 5.97 Å². The van der Waals surface area contributed by atoms with E-state index in [-0.39, 0.29) is 12.3 Å². The Morgan fingerprint density at radius 1 is 1.21 bits per heavy atom. The molecule has 6 nitrogen and oxygen atoms in total. The van der Waals surface area contributed by atoms with Crippen LogP contribution in [0.5, 0.6) is 5.88 Å². The topological polar surface area (TPSA) is 94.8 Å². The number of carboxylic acids is 1. The molecular formula is C22H21N3O3S. The maximum atomic E-state index is 10.8. The Bertz CT molecular complexity index is 1180. The number of carboxylic acid groups (broad SMARTS) is 1. The number of fused-ring (bicyclic) bond motifs is 1. The van der Waals surface area contributed by atoms with E-state index in [0.717, 1.165) is 51.7 Å². The Balaban J connectivity index is 1.60. The van der Waals surface area contributed by atoms with E-state index in [0.29, 0.717) is 5.13 Å². The molecule has 1 aliphatic rings. The van der Waals surface area contributed by atoms with E-state index in [1.807, 2.05) is 19.1 Å². The summed E-state index contributed by atoms with van der Waals surface area (Å²) in [5.74, 6) is -0.859. The number of nitrogens with one attached hydrogen (secondary N) is 1. The third-order valence-corrected chi connectivity index (χ3v) is 5.99. The third-order valence-electron chi connectivity index (χ3n) is 4.91. The second-order valence-electron chi connectivity index (χ2n) is 7.02. The van der Waals surface area contributed by atoms with Crippen LogP contribution in [-0.2, 0) is 17.6 Å². The smallest absolute Gasteiger partial charge is 0.307 e. The number of aryl methyl sites for hydroxylation is 1. The largest absolute Gasteiger partial charge is 0.492 e. The molecule has 29 heavy (non-hydrogen) atoms. The molecule has 148 valence electrons. The molecule has 0 atom stereocenters. The van der Waals surface area contributed by atoms with Crippen LogP contribution in [0, 0.1) is 0 Å². The van der Waals surface area contributed by atoms with Gasteiger partial charge >= 0.3 is 5.97 Å². The number of hydrogen-bond donors (Lipinski definition) is 3. The van der Waals surface area contributed by atoms with Crippen LogP contribution in [0.2, 0.25) is 0 Å². The lowest BCUT2D eigenvalue weighted by Gasteiger charge is -2.08. The lowest BCUT2D eigenvalue weighted by atomic mass is 10.0. The summed E-state index contributed by atoms with van der Waals surface area (Å²) in [7, 11) is 0. The molecule has 0 amide bonds. The quantitative estimate of drug-likeness (QED) is 0.604. The van der Waals surface area contributed by atoms with Crippen LogP contribution in [0.15, 0.2) is 47.5 Å². The van der Waals surface area contributed by atoms with Gasteiger partial charge in [0.1, 0.15) is 0 Å². The van der Waals surface area contributed by atoms with Gasteiger partial charge in [-0.2, -0.15) is 4.98 Å². The van der Waals surface area contributed by atoms with Gasteiger partial charge in [-0.15, -0.1) is 0 Å². The van der Waals surface area contributed by atoms with Crippen molar-refractivity contribution < 1.29 is 15.0 Å². The lowest BCUT2D eigenvalue weighted by molar-refractivity contribution is -0.136. The first-order chi connectivity index (χ1) is 14.0. The maximum absolute atomic E-state index is 10.8. The van der Waals surface area contributed by atoms with Gasteiger partial charge in [0.05, 0.1) is 16.7 Å². The predicted octanol–water partition coefficient (Wildman–Crippen LogP) is 3.00. The normalized spacial score (nSPS) is 14.0. The second kappa shape index (κ2) is 8.05. The van der Waals surface area contributed by atoms with Gasteiger partial charge < -0.3 is 15.5 Å². The molecule has 0 saturated carbocycles. The van der Waals surface area contributed by atoms with Crippen molar-refractivity contribution in [3.05, 3.63) is 69.0 Å². The number of nitrogens with zero attached hydrogens (tertiary/aromatic N) is 2. The fourth-order valence-electron chi connectivity index (χ4n) is 3.39. The monoisotopic (exact) mass is 407 g/mol. The maximum Gasteiger partial charge on any atom is 0.307 e. The summed E-state index contributed by atoms with van der Waals surface area (Å²) in [6.45, 7) is 2.87. The molecule has 2 aromatic carbocycles. The molecule has 0 unspecified atom stereocenters. The first-order valence-corrected chi connectivity index (χ1v) is 10.2. The van der Waals surface area contributed by atoms with Crippen LogP contribution in [0.1, 0.15) is 29.3 Å². The van der Waals surface area contributed by atoms with Crippen molar-refractivity contribution in [1.29, 1.82) is 0 Å². The van der Waals surface area contributed by atoms with Gasteiger partial charge in [-0.1, -0.05) is 29.5 Å². The molecule has 0 radical (unpaired) electrons. The van der Waals surface area contributed by atoms with Crippen LogP contribution in [0.3, 0.4) is 0 Å². The lowest BCUT2D eigenvalue weighted by Crippen LogP contribution is -2.20. The van der Waals surface area contributed by atoms with Crippen molar-refractivity contribution in [3.8, 4) is 5.88 Å². The molecule has 1 aliphatic heterocycles. The van der Waals surface area contributed by atoms with E-state index in [1.54, 1.807) is 24.3 Å². The Labute approximate surface area is 171 Å². The number of aromatic hydroxyl groups is 1. The number of aromatic nitrogens is 1. The minimum atomic E-state index is -0.859. The van der Waals surface area contributed by atoms with Crippen molar-refractivity contribution in [2.45, 2.75) is 26.2 Å². The number of aliphatic carboxylic acids is 1. The third kappa shape index (κ3) is 4.30. The molecule has 0 spiro atoms. The van der Waals surface area contributed by atoms with E-state index >= 15 is 0 Å². The number of carbonyl (C=O) groups is 1. The highest BCUT2D eigenvalue weighted by molar-refractivity contribution is 7.17. The molecule has 0 fully saturated rings. The molecule has 7 heteroatoms. The number of hydrogen-bond acceptors (Lipinski definition) is 6. The average Bonchev–Trinajstić information content (AvgIpc) is 3.08. The zero-order chi connectivity index (χ0) is 20.4. The summed E-state index contributed by atoms with van der Waals surface area (Å²) in [4.78, 5) is 20.3. The van der Waals surface area contributed by atoms with Crippen LogP contribution in [0.25, 0.3) is 5.57 Å². The summed E-state index contributed by atoms with van der Waals surface area (Å²) in [6, 6.07) is 13.4. The van der Waals surface area contributed by atoms with E-state index in [2.05, 4.69) is 21.4 Å². The summed E-state index contributed by atoms with van der Waals surface area (Å²) in [5.41, 5.74) is 3.73. The minimum Gasteiger partial charge on any atom is -0.492 e. The van der Waals surface area contributed by atoms with Crippen molar-refractivity contribution in [2.75, 3.05) is 11.9 Å². The minimum absolute atomic E-state index is 0.0000875. The van der Waals surface area contributed by atoms with E-state index in [1.165, 1.54) is 16.9 Å². The molecule has 3 N–H and O–H groups in total. The molecule has 2 heterocycles. The summed E-state index contributed by atoms with van der Waals surface area (Å²) in [6.07, 6.45) is 2.09. The fourth-order valence-corrected chi connectivity index (χ4v) is 4.29. The van der Waals surface area contributed by atoms with E-state index in [4.69, 9.17) is 5.11 Å². The zero-order valence-electron chi connectivity index (χ0n) is 16.0. The first kappa shape index (κ1) is 19.1. The summed E-state index contributed by atoms with van der Waals surface area (Å²) < 4.78 is 0. The standard InChI is InChI=1S/C22H21N3O3S/c1-13(15-6-9-18-16(12-15)3-2-10-23-18)20-21(28)25-22(29-20)24-17-7-4-14(5-8-17)11-19(26)27/h4-9,12,28H,2-3,10-11H2,1H3,(H,24,25)(H,26,27). The van der Waals surface area contributed by atoms with Crippen LogP contribution in [-0.4, -0.2) is 27.7 Å². The first-order valence-electron chi connectivity index (χ1n) is 9.42. The van der Waals surface area contributed by atoms with E-state index in [9.17, 15) is 9.90 Å². The second-order valence-corrected chi connectivity index (χ2v) is 8.02. The molecular weight excluding hydrogens is 386 g/mol. The fraction of sp³-hybridized carbons (Fsp3) is 0.227. The molecule has 0 saturated heterocycles. The Kier molecular flexibility index (Phi) is 5.31. The number of thiazole rings is 1. The van der Waals surface area contributed by atoms with Crippen LogP contribution >= 0.6 is 11.3 Å². The Morgan fingerprint density at radius 2 is 2.00 bits per heavy atom. The van der Waals surface area contributed by atoms with Crippen molar-refractivity contribution in [1.82, 2.24) is 4.98 Å². The van der Waals surface area contributed by atoms with Crippen LogP contribution in [0.4, 0.5) is 10.8 Å². The van der Waals surface area contributed by atoms with Crippen molar-refractivity contribution in [2.24, 2.45) is 4.99 Å². The van der Waals surface area contributed by atoms with Gasteiger partial charge in [0.2, 0.25) is 5.88 Å². The Hall–Kier alpha value is -3.19. The van der Waals surface area contributed by atoms with Crippen molar-refractivity contribution in [3.63, 3.8) is 0 Å². The van der Waals surface area contributed by atoms with Crippen LogP contribution < -0.4 is 15.9 Å². The highest BCUT2D eigenvalue weighted by Gasteiger charge is 2.13. The van der Waals surface area contributed by atoms with Crippen molar-refractivity contribution >= 4 is 33.7 Å². The molecule has 4 rings (SSSR count). The number of rotatable bonds is 5. The number of anilines is 2. The molecule has 3 aromatic rings. The average molecular weight is 407 g/mol. The number of benzene rings is 2.